The van der Waals surface area contributed by atoms with E-state index in [0.29, 0.717) is 5.92 Å². The van der Waals surface area contributed by atoms with Gasteiger partial charge in [-0.1, -0.05) is 90.3 Å². The Balaban J connectivity index is 2.19. The molecule has 0 radical (unpaired) electrons. The first kappa shape index (κ1) is 14.5. The predicted octanol–water partition coefficient (Wildman–Crippen LogP) is 5.01. The molecule has 0 unspecified atom stereocenters. The summed E-state index contributed by atoms with van der Waals surface area (Å²) in [5.74, 6) is 0.333. The zero-order chi connectivity index (χ0) is 14.3. The molecule has 3 atom stereocenters. The molecular weight excluding hydrogens is 313 g/mol. The summed E-state index contributed by atoms with van der Waals surface area (Å²) in [6, 6.07) is 8.32. The first-order valence-electron chi connectivity index (χ1n) is 6.80. The summed E-state index contributed by atoms with van der Waals surface area (Å²) in [7, 11) is 0. The number of allylic oxidation sites excluding steroid dienone is 2. The van der Waals surface area contributed by atoms with E-state index in [1.54, 1.807) is 0 Å². The minimum atomic E-state index is -1.34. The van der Waals surface area contributed by atoms with Crippen LogP contribution in [0.1, 0.15) is 30.0 Å². The van der Waals surface area contributed by atoms with Crippen molar-refractivity contribution in [3.63, 3.8) is 0 Å². The van der Waals surface area contributed by atoms with E-state index in [-0.39, 0.29) is 12.1 Å². The van der Waals surface area contributed by atoms with Crippen molar-refractivity contribution >= 4 is 34.8 Å². The predicted molar refractivity (Wildman–Crippen MR) is 86.7 cm³/mol. The van der Waals surface area contributed by atoms with E-state index in [1.807, 2.05) is 6.07 Å². The summed E-state index contributed by atoms with van der Waals surface area (Å²) in [5.41, 5.74) is 2.38. The molecule has 0 saturated carbocycles. The summed E-state index contributed by atoms with van der Waals surface area (Å²) in [5, 5.41) is 0. The summed E-state index contributed by atoms with van der Waals surface area (Å²) >= 11 is 18.9. The molecule has 1 heterocycles. The molecule has 20 heavy (non-hydrogen) atoms. The monoisotopic (exact) mass is 327 g/mol. The number of likely N-dealkylation sites (N-methyl/N-ethyl adjacent to an activating group) is 1. The first-order valence-corrected chi connectivity index (χ1v) is 7.93. The number of alkyl halides is 3. The van der Waals surface area contributed by atoms with Crippen LogP contribution in [0.2, 0.25) is 0 Å². The van der Waals surface area contributed by atoms with Crippen molar-refractivity contribution in [2.45, 2.75) is 28.7 Å². The van der Waals surface area contributed by atoms with Crippen LogP contribution in [0.4, 0.5) is 0 Å². The summed E-state index contributed by atoms with van der Waals surface area (Å²) in [4.78, 5) is 2.28. The van der Waals surface area contributed by atoms with Crippen LogP contribution >= 0.6 is 34.8 Å². The molecule has 2 aliphatic rings. The number of halogens is 3. The van der Waals surface area contributed by atoms with Crippen molar-refractivity contribution in [1.82, 2.24) is 4.90 Å². The number of rotatable bonds is 1. The highest BCUT2D eigenvalue weighted by atomic mass is 35.6. The third kappa shape index (κ3) is 2.31. The van der Waals surface area contributed by atoms with Crippen molar-refractivity contribution < 1.29 is 0 Å². The Morgan fingerprint density at radius 2 is 1.70 bits per heavy atom. The van der Waals surface area contributed by atoms with Crippen molar-refractivity contribution in [1.29, 1.82) is 0 Å². The molecule has 1 nitrogen and oxygen atoms in total. The average molecular weight is 329 g/mol. The third-order valence-electron chi connectivity index (χ3n) is 4.15. The SMILES string of the molecule is CCN1[C@@H]2C=CC=C[C@@H]2c2ccccc2[C@@H]1C(Cl)(Cl)Cl. The minimum Gasteiger partial charge on any atom is -0.285 e. The maximum absolute atomic E-state index is 6.29. The van der Waals surface area contributed by atoms with Crippen LogP contribution in [-0.4, -0.2) is 21.3 Å². The van der Waals surface area contributed by atoms with E-state index < -0.39 is 3.79 Å². The van der Waals surface area contributed by atoms with E-state index >= 15 is 0 Å². The maximum atomic E-state index is 6.29. The average Bonchev–Trinajstić information content (AvgIpc) is 2.44. The number of nitrogens with zero attached hydrogens (tertiary/aromatic N) is 1. The van der Waals surface area contributed by atoms with Gasteiger partial charge in [0, 0.05) is 12.0 Å². The van der Waals surface area contributed by atoms with Gasteiger partial charge in [-0.2, -0.15) is 0 Å². The molecule has 0 fully saturated rings. The smallest absolute Gasteiger partial charge is 0.209 e. The van der Waals surface area contributed by atoms with E-state index in [2.05, 4.69) is 54.3 Å². The van der Waals surface area contributed by atoms with E-state index in [1.165, 1.54) is 5.56 Å². The topological polar surface area (TPSA) is 3.24 Å². The molecule has 0 aromatic heterocycles. The second-order valence-corrected chi connectivity index (χ2v) is 7.56. The fourth-order valence-corrected chi connectivity index (χ4v) is 4.10. The number of hydrogen-bond acceptors (Lipinski definition) is 1. The fourth-order valence-electron chi connectivity index (χ4n) is 3.37. The van der Waals surface area contributed by atoms with Crippen LogP contribution in [0.15, 0.2) is 48.6 Å². The van der Waals surface area contributed by atoms with Gasteiger partial charge in [0.1, 0.15) is 0 Å². The van der Waals surface area contributed by atoms with Gasteiger partial charge in [-0.3, -0.25) is 4.90 Å². The van der Waals surface area contributed by atoms with Gasteiger partial charge in [-0.15, -0.1) is 0 Å². The molecule has 1 aromatic rings. The number of benzene rings is 1. The van der Waals surface area contributed by atoms with E-state index in [9.17, 15) is 0 Å². The third-order valence-corrected chi connectivity index (χ3v) is 4.77. The lowest BCUT2D eigenvalue weighted by molar-refractivity contribution is 0.142. The summed E-state index contributed by atoms with van der Waals surface area (Å²) in [6.07, 6.45) is 8.61. The van der Waals surface area contributed by atoms with Crippen LogP contribution in [0.3, 0.4) is 0 Å². The van der Waals surface area contributed by atoms with E-state index in [4.69, 9.17) is 34.8 Å². The Labute approximate surface area is 134 Å². The molecule has 0 N–H and O–H groups in total. The Hall–Kier alpha value is -0.470. The molecule has 106 valence electrons. The van der Waals surface area contributed by atoms with E-state index in [0.717, 1.165) is 12.1 Å². The van der Waals surface area contributed by atoms with Gasteiger partial charge in [-0.05, 0) is 17.7 Å². The van der Waals surface area contributed by atoms with Gasteiger partial charge in [0.15, 0.2) is 0 Å². The Bertz CT molecular complexity index is 559. The van der Waals surface area contributed by atoms with Gasteiger partial charge >= 0.3 is 0 Å². The van der Waals surface area contributed by atoms with Crippen molar-refractivity contribution in [3.8, 4) is 0 Å². The second kappa shape index (κ2) is 5.38. The van der Waals surface area contributed by atoms with Crippen molar-refractivity contribution in [3.05, 3.63) is 59.7 Å². The maximum Gasteiger partial charge on any atom is 0.209 e. The first-order chi connectivity index (χ1) is 9.54. The molecule has 4 heteroatoms. The van der Waals surface area contributed by atoms with Crippen LogP contribution in [0.25, 0.3) is 0 Å². The van der Waals surface area contributed by atoms with Crippen LogP contribution in [-0.2, 0) is 0 Å². The quantitative estimate of drug-likeness (QED) is 0.655. The van der Waals surface area contributed by atoms with Crippen molar-refractivity contribution in [2.24, 2.45) is 0 Å². The fraction of sp³-hybridized carbons (Fsp3) is 0.375. The Morgan fingerprint density at radius 1 is 1.05 bits per heavy atom. The number of hydrogen-bond donors (Lipinski definition) is 0. The molecular formula is C16H16Cl3N. The summed E-state index contributed by atoms with van der Waals surface area (Å²) < 4.78 is -1.34. The zero-order valence-electron chi connectivity index (χ0n) is 11.1. The normalized spacial score (nSPS) is 29.1. The molecule has 0 spiro atoms. The highest BCUT2D eigenvalue weighted by Crippen LogP contribution is 2.51. The molecule has 0 saturated heterocycles. The minimum absolute atomic E-state index is 0.217. The van der Waals surface area contributed by atoms with Gasteiger partial charge in [0.05, 0.1) is 6.04 Å². The molecule has 0 bridgehead atoms. The lowest BCUT2D eigenvalue weighted by Gasteiger charge is -2.48. The van der Waals surface area contributed by atoms with Crippen LogP contribution in [0.5, 0.6) is 0 Å². The lowest BCUT2D eigenvalue weighted by atomic mass is 9.78. The van der Waals surface area contributed by atoms with Gasteiger partial charge in [-0.25, -0.2) is 0 Å². The van der Waals surface area contributed by atoms with Crippen LogP contribution in [0, 0.1) is 0 Å². The standard InChI is InChI=1S/C16H16Cl3N/c1-2-20-14-10-6-5-8-12(14)11-7-3-4-9-13(11)15(20)16(17,18)19/h3-10,12,14-15H,2H2,1H3/t12-,14-,15-/m1/s1. The second-order valence-electron chi connectivity index (χ2n) is 5.19. The zero-order valence-corrected chi connectivity index (χ0v) is 13.4. The largest absolute Gasteiger partial charge is 0.285 e. The van der Waals surface area contributed by atoms with Gasteiger partial charge in [0.25, 0.3) is 0 Å². The molecule has 1 aromatic carbocycles. The Kier molecular flexibility index (Phi) is 3.89. The van der Waals surface area contributed by atoms with Gasteiger partial charge < -0.3 is 0 Å². The Morgan fingerprint density at radius 3 is 2.35 bits per heavy atom. The van der Waals surface area contributed by atoms with Crippen molar-refractivity contribution in [2.75, 3.05) is 6.54 Å². The molecule has 0 amide bonds. The van der Waals surface area contributed by atoms with Gasteiger partial charge in [0.2, 0.25) is 3.79 Å². The van der Waals surface area contributed by atoms with Crippen LogP contribution < -0.4 is 0 Å². The molecule has 1 aliphatic heterocycles. The number of fused-ring (bicyclic) bond motifs is 3. The highest BCUT2D eigenvalue weighted by molar-refractivity contribution is 6.68. The lowest BCUT2D eigenvalue weighted by Crippen LogP contribution is -2.49. The molecule has 1 aliphatic carbocycles. The summed E-state index contributed by atoms with van der Waals surface area (Å²) in [6.45, 7) is 2.95. The highest BCUT2D eigenvalue weighted by Gasteiger charge is 2.46. The molecule has 3 rings (SSSR count).